The molecule has 0 spiro atoms. The van der Waals surface area contributed by atoms with E-state index in [4.69, 9.17) is 0 Å². The lowest BCUT2D eigenvalue weighted by molar-refractivity contribution is -0.129. The van der Waals surface area contributed by atoms with Crippen molar-refractivity contribution in [3.8, 4) is 0 Å². The van der Waals surface area contributed by atoms with Gasteiger partial charge in [0.25, 0.3) is 0 Å². The van der Waals surface area contributed by atoms with Crippen LogP contribution in [0.25, 0.3) is 0 Å². The molecule has 2 fully saturated rings. The Morgan fingerprint density at radius 3 is 2.69 bits per heavy atom. The van der Waals surface area contributed by atoms with E-state index in [-0.39, 0.29) is 29.9 Å². The average Bonchev–Trinajstić information content (AvgIpc) is 3.32. The molecule has 1 aromatic rings. The minimum absolute atomic E-state index is 0. The molecule has 162 valence electrons. The lowest BCUT2D eigenvalue weighted by atomic mass is 10.1. The molecule has 0 aromatic heterocycles. The zero-order valence-electron chi connectivity index (χ0n) is 17.9. The minimum atomic E-state index is 0. The van der Waals surface area contributed by atoms with Crippen LogP contribution in [-0.4, -0.2) is 67.0 Å². The summed E-state index contributed by atoms with van der Waals surface area (Å²) in [6.45, 7) is 8.94. The van der Waals surface area contributed by atoms with Crippen molar-refractivity contribution in [3.63, 3.8) is 0 Å². The van der Waals surface area contributed by atoms with Gasteiger partial charge in [0.2, 0.25) is 5.91 Å². The van der Waals surface area contributed by atoms with Crippen molar-refractivity contribution in [2.75, 3.05) is 33.2 Å². The number of hydrogen-bond donors (Lipinski definition) is 2. The molecule has 2 aliphatic rings. The first-order valence-electron chi connectivity index (χ1n) is 10.6. The summed E-state index contributed by atoms with van der Waals surface area (Å²) in [6.07, 6.45) is 2.77. The van der Waals surface area contributed by atoms with E-state index in [1.54, 1.807) is 0 Å². The van der Waals surface area contributed by atoms with Crippen molar-refractivity contribution in [1.82, 2.24) is 20.4 Å². The highest BCUT2D eigenvalue weighted by Gasteiger charge is 2.29. The molecule has 3 rings (SSSR count). The summed E-state index contributed by atoms with van der Waals surface area (Å²) in [6, 6.07) is 11.6. The molecule has 3 atom stereocenters. The highest BCUT2D eigenvalue weighted by Crippen LogP contribution is 2.24. The second kappa shape index (κ2) is 11.7. The Morgan fingerprint density at radius 1 is 1.24 bits per heavy atom. The van der Waals surface area contributed by atoms with Crippen LogP contribution in [-0.2, 0) is 11.3 Å². The van der Waals surface area contributed by atoms with Crippen LogP contribution in [0.5, 0.6) is 0 Å². The molecular formula is C22H36IN5O. The van der Waals surface area contributed by atoms with Gasteiger partial charge >= 0.3 is 0 Å². The quantitative estimate of drug-likeness (QED) is 0.349. The highest BCUT2D eigenvalue weighted by molar-refractivity contribution is 14.0. The van der Waals surface area contributed by atoms with Gasteiger partial charge in [-0.15, -0.1) is 24.0 Å². The molecule has 0 aliphatic carbocycles. The maximum Gasteiger partial charge on any atom is 0.222 e. The summed E-state index contributed by atoms with van der Waals surface area (Å²) in [7, 11) is 1.82. The van der Waals surface area contributed by atoms with Gasteiger partial charge in [-0.3, -0.25) is 14.7 Å². The maximum absolute atomic E-state index is 11.9. The average molecular weight is 513 g/mol. The van der Waals surface area contributed by atoms with Crippen LogP contribution in [0, 0.1) is 5.92 Å². The third-order valence-corrected chi connectivity index (χ3v) is 5.99. The van der Waals surface area contributed by atoms with Crippen LogP contribution in [0.4, 0.5) is 0 Å². The van der Waals surface area contributed by atoms with E-state index in [2.05, 4.69) is 57.8 Å². The van der Waals surface area contributed by atoms with Crippen molar-refractivity contribution >= 4 is 35.8 Å². The Kier molecular flexibility index (Phi) is 9.68. The topological polar surface area (TPSA) is 60.0 Å². The van der Waals surface area contributed by atoms with Gasteiger partial charge in [0, 0.05) is 58.3 Å². The summed E-state index contributed by atoms with van der Waals surface area (Å²) < 4.78 is 0. The molecule has 0 radical (unpaired) electrons. The number of benzene rings is 1. The lowest BCUT2D eigenvalue weighted by Crippen LogP contribution is -2.46. The Morgan fingerprint density at radius 2 is 2.00 bits per heavy atom. The van der Waals surface area contributed by atoms with Crippen molar-refractivity contribution in [1.29, 1.82) is 0 Å². The van der Waals surface area contributed by atoms with E-state index >= 15 is 0 Å². The molecule has 7 heteroatoms. The van der Waals surface area contributed by atoms with Crippen LogP contribution in [0.2, 0.25) is 0 Å². The monoisotopic (exact) mass is 513 g/mol. The third-order valence-electron chi connectivity index (χ3n) is 5.99. The van der Waals surface area contributed by atoms with Gasteiger partial charge in [-0.2, -0.15) is 0 Å². The molecule has 3 unspecified atom stereocenters. The first-order chi connectivity index (χ1) is 13.6. The van der Waals surface area contributed by atoms with Crippen molar-refractivity contribution in [2.24, 2.45) is 10.9 Å². The minimum Gasteiger partial charge on any atom is -0.356 e. The molecule has 2 aliphatic heterocycles. The number of guanidine groups is 1. The predicted molar refractivity (Wildman–Crippen MR) is 130 cm³/mol. The van der Waals surface area contributed by atoms with Crippen LogP contribution >= 0.6 is 24.0 Å². The van der Waals surface area contributed by atoms with Crippen molar-refractivity contribution in [3.05, 3.63) is 35.9 Å². The standard InChI is InChI=1S/C22H35N5O.HI/c1-4-21(28)26-11-10-20(16-26)25-22(23-3)24-13-19-12-17(2)27(15-19)14-18-8-6-5-7-9-18;/h5-9,17,19-20H,4,10-16H2,1-3H3,(H2,23,24,25);1H. The number of nitrogens with zero attached hydrogens (tertiary/aromatic N) is 3. The Hall–Kier alpha value is -1.35. The first-order valence-corrected chi connectivity index (χ1v) is 10.6. The van der Waals surface area contributed by atoms with Crippen LogP contribution in [0.15, 0.2) is 35.3 Å². The number of carbonyl (C=O) groups is 1. The molecule has 2 heterocycles. The normalized spacial score (nSPS) is 25.0. The number of rotatable bonds is 6. The molecule has 0 saturated carbocycles. The zero-order valence-corrected chi connectivity index (χ0v) is 20.3. The first kappa shape index (κ1) is 23.9. The molecule has 6 nitrogen and oxygen atoms in total. The number of nitrogens with one attached hydrogen (secondary N) is 2. The number of halogens is 1. The van der Waals surface area contributed by atoms with Crippen molar-refractivity contribution in [2.45, 2.75) is 51.7 Å². The van der Waals surface area contributed by atoms with Gasteiger partial charge in [0.15, 0.2) is 5.96 Å². The number of amides is 1. The van der Waals surface area contributed by atoms with Gasteiger partial charge in [-0.1, -0.05) is 37.3 Å². The van der Waals surface area contributed by atoms with Crippen molar-refractivity contribution < 1.29 is 4.79 Å². The second-order valence-electron chi connectivity index (χ2n) is 8.14. The number of likely N-dealkylation sites (tertiary alicyclic amines) is 2. The van der Waals surface area contributed by atoms with Gasteiger partial charge < -0.3 is 15.5 Å². The summed E-state index contributed by atoms with van der Waals surface area (Å²) in [5.41, 5.74) is 1.38. The summed E-state index contributed by atoms with van der Waals surface area (Å²) in [5.74, 6) is 1.72. The number of hydrogen-bond acceptors (Lipinski definition) is 3. The van der Waals surface area contributed by atoms with E-state index < -0.39 is 0 Å². The van der Waals surface area contributed by atoms with E-state index in [9.17, 15) is 4.79 Å². The smallest absolute Gasteiger partial charge is 0.222 e. The van der Waals surface area contributed by atoms with E-state index in [0.29, 0.717) is 24.4 Å². The number of aliphatic imine (C=N–C) groups is 1. The summed E-state index contributed by atoms with van der Waals surface area (Å²) in [5, 5.41) is 7.00. The zero-order chi connectivity index (χ0) is 19.9. The highest BCUT2D eigenvalue weighted by atomic mass is 127. The largest absolute Gasteiger partial charge is 0.356 e. The van der Waals surface area contributed by atoms with Crippen LogP contribution < -0.4 is 10.6 Å². The molecule has 0 bridgehead atoms. The Bertz CT molecular complexity index is 668. The predicted octanol–water partition coefficient (Wildman–Crippen LogP) is 2.69. The molecule has 2 saturated heterocycles. The fraction of sp³-hybridized carbons (Fsp3) is 0.636. The lowest BCUT2D eigenvalue weighted by Gasteiger charge is -2.21. The van der Waals surface area contributed by atoms with Crippen LogP contribution in [0.3, 0.4) is 0 Å². The maximum atomic E-state index is 11.9. The molecular weight excluding hydrogens is 477 g/mol. The van der Waals surface area contributed by atoms with Gasteiger partial charge in [0.1, 0.15) is 0 Å². The Balaban J connectivity index is 0.00000300. The van der Waals surface area contributed by atoms with Crippen LogP contribution in [0.1, 0.15) is 38.7 Å². The van der Waals surface area contributed by atoms with E-state index in [1.807, 2.05) is 18.9 Å². The fourth-order valence-corrected chi connectivity index (χ4v) is 4.36. The van der Waals surface area contributed by atoms with Gasteiger partial charge in [0.05, 0.1) is 0 Å². The third kappa shape index (κ3) is 6.84. The van der Waals surface area contributed by atoms with Gasteiger partial charge in [-0.05, 0) is 31.2 Å². The van der Waals surface area contributed by atoms with Gasteiger partial charge in [-0.25, -0.2) is 0 Å². The SMILES string of the molecule is CCC(=O)N1CCC(NC(=NC)NCC2CC(C)N(Cc3ccccc3)C2)C1.I. The molecule has 2 N–H and O–H groups in total. The summed E-state index contributed by atoms with van der Waals surface area (Å²) in [4.78, 5) is 20.8. The Labute approximate surface area is 192 Å². The fourth-order valence-electron chi connectivity index (χ4n) is 4.36. The number of carbonyl (C=O) groups excluding carboxylic acids is 1. The van der Waals surface area contributed by atoms with E-state index in [1.165, 1.54) is 12.0 Å². The molecule has 1 aromatic carbocycles. The summed E-state index contributed by atoms with van der Waals surface area (Å²) >= 11 is 0. The second-order valence-corrected chi connectivity index (χ2v) is 8.14. The van der Waals surface area contributed by atoms with E-state index in [0.717, 1.165) is 45.1 Å². The molecule has 1 amide bonds. The molecule has 29 heavy (non-hydrogen) atoms.